The number of morpholine rings is 1. The largest absolute Gasteiger partial charge is 0.368 e. The summed E-state index contributed by atoms with van der Waals surface area (Å²) in [5.41, 5.74) is 1.16. The summed E-state index contributed by atoms with van der Waals surface area (Å²) in [6.45, 7) is 7.00. The van der Waals surface area contributed by atoms with E-state index in [1.54, 1.807) is 0 Å². The molecule has 0 aromatic carbocycles. The molecule has 1 saturated heterocycles. The molecular weight excluding hydrogens is 236 g/mol. The molecule has 4 heteroatoms. The third kappa shape index (κ3) is 3.66. The monoisotopic (exact) mass is 254 g/mol. The summed E-state index contributed by atoms with van der Waals surface area (Å²) in [6.07, 6.45) is 3.79. The van der Waals surface area contributed by atoms with E-state index in [9.17, 15) is 0 Å². The predicted octanol–water partition coefficient (Wildman–Crippen LogP) is 2.30. The van der Waals surface area contributed by atoms with Crippen molar-refractivity contribution in [3.8, 4) is 0 Å². The number of halogens is 1. The van der Waals surface area contributed by atoms with Gasteiger partial charge in [-0.2, -0.15) is 0 Å². The van der Waals surface area contributed by atoms with Gasteiger partial charge < -0.3 is 4.74 Å². The highest BCUT2D eigenvalue weighted by Gasteiger charge is 2.32. The van der Waals surface area contributed by atoms with Crippen LogP contribution in [0.25, 0.3) is 0 Å². The maximum Gasteiger partial charge on any atom is 0.0845 e. The van der Waals surface area contributed by atoms with E-state index in [1.165, 1.54) is 5.56 Å². The number of ether oxygens (including phenoxy) is 1. The van der Waals surface area contributed by atoms with Crippen LogP contribution in [0.2, 0.25) is 0 Å². The maximum atomic E-state index is 5.91. The highest BCUT2D eigenvalue weighted by molar-refractivity contribution is 6.18. The summed E-state index contributed by atoms with van der Waals surface area (Å²) >= 11 is 5.91. The topological polar surface area (TPSA) is 25.4 Å². The molecule has 1 aliphatic heterocycles. The van der Waals surface area contributed by atoms with Crippen LogP contribution in [-0.4, -0.2) is 40.6 Å². The van der Waals surface area contributed by atoms with Crippen molar-refractivity contribution in [3.63, 3.8) is 0 Å². The molecule has 0 spiro atoms. The normalized spacial score (nSPS) is 24.8. The quantitative estimate of drug-likeness (QED) is 0.774. The number of pyridine rings is 1. The molecule has 2 heterocycles. The molecule has 1 aromatic heterocycles. The fraction of sp³-hybridized carbons (Fsp3) is 0.615. The van der Waals surface area contributed by atoms with Gasteiger partial charge in [0, 0.05) is 37.9 Å². The predicted molar refractivity (Wildman–Crippen MR) is 69.2 cm³/mol. The van der Waals surface area contributed by atoms with Crippen LogP contribution in [0.3, 0.4) is 0 Å². The molecule has 0 bridgehead atoms. The molecule has 1 aliphatic rings. The van der Waals surface area contributed by atoms with Crippen molar-refractivity contribution in [2.75, 3.05) is 19.0 Å². The van der Waals surface area contributed by atoms with Gasteiger partial charge in [-0.1, -0.05) is 0 Å². The van der Waals surface area contributed by atoms with E-state index < -0.39 is 0 Å². The minimum Gasteiger partial charge on any atom is -0.368 e. The molecule has 1 atom stereocenters. The lowest BCUT2D eigenvalue weighted by Gasteiger charge is -2.42. The first-order chi connectivity index (χ1) is 8.09. The lowest BCUT2D eigenvalue weighted by atomic mass is 10.0. The third-order valence-electron chi connectivity index (χ3n) is 2.88. The lowest BCUT2D eigenvalue weighted by molar-refractivity contribution is -0.129. The van der Waals surface area contributed by atoms with Crippen LogP contribution in [0, 0.1) is 0 Å². The van der Waals surface area contributed by atoms with Gasteiger partial charge in [0.05, 0.1) is 11.7 Å². The van der Waals surface area contributed by atoms with Gasteiger partial charge in [-0.3, -0.25) is 9.88 Å². The summed E-state index contributed by atoms with van der Waals surface area (Å²) in [5.74, 6) is 0.552. The minimum atomic E-state index is -0.120. The van der Waals surface area contributed by atoms with Crippen LogP contribution in [0.15, 0.2) is 24.5 Å². The Morgan fingerprint density at radius 1 is 1.47 bits per heavy atom. The molecule has 0 aliphatic carbocycles. The van der Waals surface area contributed by atoms with Crippen LogP contribution in [0.1, 0.15) is 19.4 Å². The first-order valence-corrected chi connectivity index (χ1v) is 6.47. The van der Waals surface area contributed by atoms with Crippen LogP contribution in [0.5, 0.6) is 0 Å². The smallest absolute Gasteiger partial charge is 0.0845 e. The average molecular weight is 255 g/mol. The number of hydrogen-bond donors (Lipinski definition) is 0. The molecular formula is C13H19ClN2O. The van der Waals surface area contributed by atoms with Crippen molar-refractivity contribution in [1.29, 1.82) is 0 Å². The fourth-order valence-corrected chi connectivity index (χ4v) is 2.52. The lowest BCUT2D eigenvalue weighted by Crippen LogP contribution is -2.52. The summed E-state index contributed by atoms with van der Waals surface area (Å²) < 4.78 is 5.90. The van der Waals surface area contributed by atoms with Crippen molar-refractivity contribution in [3.05, 3.63) is 30.1 Å². The Hall–Kier alpha value is -0.640. The molecule has 1 unspecified atom stereocenters. The van der Waals surface area contributed by atoms with Gasteiger partial charge >= 0.3 is 0 Å². The summed E-state index contributed by atoms with van der Waals surface area (Å²) in [4.78, 5) is 6.43. The van der Waals surface area contributed by atoms with Crippen molar-refractivity contribution in [1.82, 2.24) is 9.88 Å². The van der Waals surface area contributed by atoms with Crippen molar-refractivity contribution in [2.24, 2.45) is 0 Å². The molecule has 0 N–H and O–H groups in total. The maximum absolute atomic E-state index is 5.91. The van der Waals surface area contributed by atoms with E-state index in [0.717, 1.165) is 19.6 Å². The zero-order valence-electron chi connectivity index (χ0n) is 10.4. The van der Waals surface area contributed by atoms with E-state index in [-0.39, 0.29) is 11.7 Å². The Kier molecular flexibility index (Phi) is 4.02. The van der Waals surface area contributed by atoms with Gasteiger partial charge in [-0.15, -0.1) is 11.6 Å². The van der Waals surface area contributed by atoms with E-state index in [1.807, 2.05) is 12.4 Å². The number of nitrogens with zero attached hydrogens (tertiary/aromatic N) is 2. The summed E-state index contributed by atoms with van der Waals surface area (Å²) in [7, 11) is 0. The summed E-state index contributed by atoms with van der Waals surface area (Å²) in [6, 6.07) is 4.11. The van der Waals surface area contributed by atoms with Gasteiger partial charge in [0.2, 0.25) is 0 Å². The molecule has 0 radical (unpaired) electrons. The number of aromatic nitrogens is 1. The van der Waals surface area contributed by atoms with E-state index in [4.69, 9.17) is 16.3 Å². The SMILES string of the molecule is CC1(C)CN(Cc2ccncc2)CC(CCl)O1. The molecule has 1 fully saturated rings. The van der Waals surface area contributed by atoms with E-state index >= 15 is 0 Å². The van der Waals surface area contributed by atoms with Gasteiger partial charge in [0.25, 0.3) is 0 Å². The third-order valence-corrected chi connectivity index (χ3v) is 3.22. The Balaban J connectivity index is 2.01. The fourth-order valence-electron chi connectivity index (χ4n) is 2.36. The van der Waals surface area contributed by atoms with E-state index in [0.29, 0.717) is 5.88 Å². The van der Waals surface area contributed by atoms with Gasteiger partial charge in [-0.05, 0) is 31.5 Å². The first-order valence-electron chi connectivity index (χ1n) is 5.94. The van der Waals surface area contributed by atoms with Crippen LogP contribution >= 0.6 is 11.6 Å². The highest BCUT2D eigenvalue weighted by atomic mass is 35.5. The first kappa shape index (κ1) is 12.8. The Morgan fingerprint density at radius 3 is 2.82 bits per heavy atom. The van der Waals surface area contributed by atoms with Gasteiger partial charge in [0.15, 0.2) is 0 Å². The average Bonchev–Trinajstić information content (AvgIpc) is 2.28. The van der Waals surface area contributed by atoms with Crippen LogP contribution < -0.4 is 0 Å². The van der Waals surface area contributed by atoms with Gasteiger partial charge in [-0.25, -0.2) is 0 Å². The van der Waals surface area contributed by atoms with E-state index in [2.05, 4.69) is 35.9 Å². The molecule has 94 valence electrons. The second-order valence-electron chi connectivity index (χ2n) is 5.18. The van der Waals surface area contributed by atoms with Crippen molar-refractivity contribution in [2.45, 2.75) is 32.1 Å². The number of hydrogen-bond acceptors (Lipinski definition) is 3. The summed E-state index contributed by atoms with van der Waals surface area (Å²) in [5, 5.41) is 0. The second-order valence-corrected chi connectivity index (χ2v) is 5.49. The van der Waals surface area contributed by atoms with Crippen molar-refractivity contribution < 1.29 is 4.74 Å². The van der Waals surface area contributed by atoms with Crippen molar-refractivity contribution >= 4 is 11.6 Å². The molecule has 17 heavy (non-hydrogen) atoms. The minimum absolute atomic E-state index is 0.120. The number of rotatable bonds is 3. The second kappa shape index (κ2) is 5.34. The molecule has 0 saturated carbocycles. The van der Waals surface area contributed by atoms with Gasteiger partial charge in [0.1, 0.15) is 0 Å². The Labute approximate surface area is 108 Å². The zero-order chi connectivity index (χ0) is 12.3. The Bertz CT molecular complexity index is 356. The molecule has 0 amide bonds. The van der Waals surface area contributed by atoms with Crippen LogP contribution in [-0.2, 0) is 11.3 Å². The Morgan fingerprint density at radius 2 is 2.18 bits per heavy atom. The molecule has 1 aromatic rings. The number of alkyl halides is 1. The zero-order valence-corrected chi connectivity index (χ0v) is 11.2. The molecule has 2 rings (SSSR count). The standard InChI is InChI=1S/C13H19ClN2O/c1-13(2)10-16(9-12(7-14)17-13)8-11-3-5-15-6-4-11/h3-6,12H,7-10H2,1-2H3. The highest BCUT2D eigenvalue weighted by Crippen LogP contribution is 2.22. The molecule has 3 nitrogen and oxygen atoms in total. The van der Waals surface area contributed by atoms with Crippen LogP contribution in [0.4, 0.5) is 0 Å².